The summed E-state index contributed by atoms with van der Waals surface area (Å²) in [7, 11) is -3.45. The number of sulfonamides is 1. The van der Waals surface area contributed by atoms with Gasteiger partial charge in [0.2, 0.25) is 10.0 Å². The van der Waals surface area contributed by atoms with Crippen molar-refractivity contribution in [2.75, 3.05) is 31.6 Å². The Labute approximate surface area is 120 Å². The standard InChI is InChI=1S/C14H20N2O3S/c1-2-3-9-19-10-8-16-20(17,18)13-4-5-14-12(11-13)6-7-15-14/h2,4-5,11,15-16H,1,3,6-10H2. The van der Waals surface area contributed by atoms with E-state index in [9.17, 15) is 8.42 Å². The molecule has 0 saturated heterocycles. The lowest BCUT2D eigenvalue weighted by atomic mass is 10.2. The van der Waals surface area contributed by atoms with E-state index in [1.807, 2.05) is 6.07 Å². The third kappa shape index (κ3) is 3.82. The fraction of sp³-hybridized carbons (Fsp3) is 0.429. The van der Waals surface area contributed by atoms with Crippen molar-refractivity contribution >= 4 is 15.7 Å². The van der Waals surface area contributed by atoms with Crippen molar-refractivity contribution in [1.82, 2.24) is 4.72 Å². The van der Waals surface area contributed by atoms with Gasteiger partial charge < -0.3 is 10.1 Å². The number of ether oxygens (including phenoxy) is 1. The monoisotopic (exact) mass is 296 g/mol. The van der Waals surface area contributed by atoms with Crippen LogP contribution in [0, 0.1) is 0 Å². The summed E-state index contributed by atoms with van der Waals surface area (Å²) in [5.41, 5.74) is 2.08. The van der Waals surface area contributed by atoms with Crippen LogP contribution in [0.25, 0.3) is 0 Å². The molecule has 2 N–H and O–H groups in total. The van der Waals surface area contributed by atoms with Crippen LogP contribution in [0.2, 0.25) is 0 Å². The van der Waals surface area contributed by atoms with Crippen LogP contribution in [0.5, 0.6) is 0 Å². The van der Waals surface area contributed by atoms with E-state index in [-0.39, 0.29) is 6.54 Å². The number of anilines is 1. The molecule has 0 spiro atoms. The van der Waals surface area contributed by atoms with Crippen LogP contribution in [0.1, 0.15) is 12.0 Å². The quantitative estimate of drug-likeness (QED) is 0.564. The molecule has 0 unspecified atom stereocenters. The van der Waals surface area contributed by atoms with Crippen LogP contribution in [0.4, 0.5) is 5.69 Å². The van der Waals surface area contributed by atoms with Crippen LogP contribution in [-0.4, -0.2) is 34.7 Å². The first kappa shape index (κ1) is 15.0. The van der Waals surface area contributed by atoms with Gasteiger partial charge in [-0.25, -0.2) is 13.1 Å². The van der Waals surface area contributed by atoms with E-state index < -0.39 is 10.0 Å². The topological polar surface area (TPSA) is 67.4 Å². The Kier molecular flexibility index (Phi) is 5.17. The molecule has 2 rings (SSSR count). The molecule has 0 fully saturated rings. The summed E-state index contributed by atoms with van der Waals surface area (Å²) in [5.74, 6) is 0. The minimum Gasteiger partial charge on any atom is -0.384 e. The molecule has 1 aliphatic rings. The Morgan fingerprint density at radius 2 is 2.25 bits per heavy atom. The number of benzene rings is 1. The van der Waals surface area contributed by atoms with E-state index in [1.165, 1.54) is 0 Å². The van der Waals surface area contributed by atoms with E-state index in [0.29, 0.717) is 18.1 Å². The molecule has 0 atom stereocenters. The second-order valence-corrected chi connectivity index (χ2v) is 6.35. The van der Waals surface area contributed by atoms with Gasteiger partial charge in [-0.3, -0.25) is 0 Å². The predicted octanol–water partition coefficient (Wildman–Crippen LogP) is 1.53. The van der Waals surface area contributed by atoms with Crippen molar-refractivity contribution in [3.8, 4) is 0 Å². The molecule has 1 heterocycles. The maximum absolute atomic E-state index is 12.1. The van der Waals surface area contributed by atoms with Crippen molar-refractivity contribution in [3.05, 3.63) is 36.4 Å². The number of hydrogen-bond acceptors (Lipinski definition) is 4. The normalized spacial score (nSPS) is 13.8. The van der Waals surface area contributed by atoms with E-state index in [2.05, 4.69) is 16.6 Å². The summed E-state index contributed by atoms with van der Waals surface area (Å²) >= 11 is 0. The number of fused-ring (bicyclic) bond motifs is 1. The first-order valence-corrected chi connectivity index (χ1v) is 8.17. The lowest BCUT2D eigenvalue weighted by Gasteiger charge is -2.08. The predicted molar refractivity (Wildman–Crippen MR) is 79.5 cm³/mol. The summed E-state index contributed by atoms with van der Waals surface area (Å²) < 4.78 is 32.1. The Morgan fingerprint density at radius 1 is 1.40 bits per heavy atom. The molecule has 0 saturated carbocycles. The van der Waals surface area contributed by atoms with Crippen LogP contribution < -0.4 is 10.0 Å². The zero-order valence-corrected chi connectivity index (χ0v) is 12.2. The highest BCUT2D eigenvalue weighted by atomic mass is 32.2. The molecule has 0 radical (unpaired) electrons. The lowest BCUT2D eigenvalue weighted by molar-refractivity contribution is 0.144. The second kappa shape index (κ2) is 6.88. The smallest absolute Gasteiger partial charge is 0.240 e. The van der Waals surface area contributed by atoms with Gasteiger partial charge in [0, 0.05) is 18.8 Å². The number of nitrogens with one attached hydrogen (secondary N) is 2. The Balaban J connectivity index is 1.88. The SMILES string of the molecule is C=CCCOCCNS(=O)(=O)c1ccc2c(c1)CCN2. The molecule has 110 valence electrons. The van der Waals surface area contributed by atoms with Gasteiger partial charge >= 0.3 is 0 Å². The van der Waals surface area contributed by atoms with E-state index in [1.54, 1.807) is 18.2 Å². The highest BCUT2D eigenvalue weighted by Crippen LogP contribution is 2.24. The Bertz CT molecular complexity index is 570. The van der Waals surface area contributed by atoms with Gasteiger partial charge in [0.25, 0.3) is 0 Å². The maximum atomic E-state index is 12.1. The lowest BCUT2D eigenvalue weighted by Crippen LogP contribution is -2.27. The summed E-state index contributed by atoms with van der Waals surface area (Å²) in [5, 5.41) is 3.21. The molecular formula is C14H20N2O3S. The van der Waals surface area contributed by atoms with Crippen molar-refractivity contribution in [1.29, 1.82) is 0 Å². The largest absolute Gasteiger partial charge is 0.384 e. The zero-order chi connectivity index (χ0) is 14.4. The van der Waals surface area contributed by atoms with Gasteiger partial charge in [0.15, 0.2) is 0 Å². The molecule has 0 aromatic heterocycles. The van der Waals surface area contributed by atoms with Crippen LogP contribution >= 0.6 is 0 Å². The van der Waals surface area contributed by atoms with Gasteiger partial charge in [-0.15, -0.1) is 6.58 Å². The van der Waals surface area contributed by atoms with Gasteiger partial charge in [0.05, 0.1) is 18.1 Å². The van der Waals surface area contributed by atoms with Crippen molar-refractivity contribution in [3.63, 3.8) is 0 Å². The molecule has 0 aliphatic carbocycles. The molecule has 1 aromatic carbocycles. The Hall–Kier alpha value is -1.37. The Morgan fingerprint density at radius 3 is 3.05 bits per heavy atom. The minimum absolute atomic E-state index is 0.273. The van der Waals surface area contributed by atoms with Gasteiger partial charge in [-0.05, 0) is 36.6 Å². The summed E-state index contributed by atoms with van der Waals surface area (Å²) in [6, 6.07) is 5.17. The second-order valence-electron chi connectivity index (χ2n) is 4.58. The third-order valence-electron chi connectivity index (χ3n) is 3.10. The molecule has 0 amide bonds. The highest BCUT2D eigenvalue weighted by Gasteiger charge is 2.17. The van der Waals surface area contributed by atoms with Crippen LogP contribution in [0.15, 0.2) is 35.7 Å². The molecule has 0 bridgehead atoms. The van der Waals surface area contributed by atoms with Crippen molar-refractivity contribution in [2.45, 2.75) is 17.7 Å². The van der Waals surface area contributed by atoms with Crippen molar-refractivity contribution < 1.29 is 13.2 Å². The fourth-order valence-electron chi connectivity index (χ4n) is 2.05. The highest BCUT2D eigenvalue weighted by molar-refractivity contribution is 7.89. The van der Waals surface area contributed by atoms with Crippen LogP contribution in [0.3, 0.4) is 0 Å². The maximum Gasteiger partial charge on any atom is 0.240 e. The first-order valence-electron chi connectivity index (χ1n) is 6.68. The van der Waals surface area contributed by atoms with E-state index >= 15 is 0 Å². The minimum atomic E-state index is -3.45. The number of rotatable bonds is 8. The zero-order valence-electron chi connectivity index (χ0n) is 11.4. The fourth-order valence-corrected chi connectivity index (χ4v) is 3.11. The third-order valence-corrected chi connectivity index (χ3v) is 4.56. The van der Waals surface area contributed by atoms with Gasteiger partial charge in [-0.1, -0.05) is 6.08 Å². The van der Waals surface area contributed by atoms with E-state index in [0.717, 1.165) is 30.6 Å². The van der Waals surface area contributed by atoms with Crippen LogP contribution in [-0.2, 0) is 21.2 Å². The molecule has 20 heavy (non-hydrogen) atoms. The average molecular weight is 296 g/mol. The first-order chi connectivity index (χ1) is 9.63. The van der Waals surface area contributed by atoms with E-state index in [4.69, 9.17) is 4.74 Å². The molecule has 1 aromatic rings. The number of hydrogen-bond donors (Lipinski definition) is 2. The molecule has 6 heteroatoms. The summed E-state index contributed by atoms with van der Waals surface area (Å²) in [6.07, 6.45) is 3.40. The average Bonchev–Trinajstić information content (AvgIpc) is 2.90. The molecule has 1 aliphatic heterocycles. The molecule has 5 nitrogen and oxygen atoms in total. The van der Waals surface area contributed by atoms with Gasteiger partial charge in [0.1, 0.15) is 0 Å². The van der Waals surface area contributed by atoms with Gasteiger partial charge in [-0.2, -0.15) is 0 Å². The molecular weight excluding hydrogens is 276 g/mol. The van der Waals surface area contributed by atoms with Crippen molar-refractivity contribution in [2.24, 2.45) is 0 Å². The summed E-state index contributed by atoms with van der Waals surface area (Å²) in [6.45, 7) is 5.65. The summed E-state index contributed by atoms with van der Waals surface area (Å²) in [4.78, 5) is 0.311.